The van der Waals surface area contributed by atoms with Crippen LogP contribution in [0.3, 0.4) is 0 Å². The maximum atomic E-state index is 11.7. The van der Waals surface area contributed by atoms with E-state index in [2.05, 4.69) is 13.8 Å². The van der Waals surface area contributed by atoms with Crippen LogP contribution in [0.25, 0.3) is 0 Å². The van der Waals surface area contributed by atoms with E-state index in [1.54, 1.807) is 0 Å². The van der Waals surface area contributed by atoms with Gasteiger partial charge in [0.05, 0.1) is 0 Å². The molecule has 2 unspecified atom stereocenters. The molecule has 0 aromatic rings. The summed E-state index contributed by atoms with van der Waals surface area (Å²) in [6.45, 7) is 6.65. The van der Waals surface area contributed by atoms with Gasteiger partial charge in [0.15, 0.2) is 0 Å². The molecule has 5 atom stereocenters. The minimum Gasteiger partial charge on any atom is -0.454 e. The molecule has 0 bridgehead atoms. The lowest BCUT2D eigenvalue weighted by Crippen LogP contribution is -2.41. The van der Waals surface area contributed by atoms with E-state index < -0.39 is 0 Å². The third-order valence-electron chi connectivity index (χ3n) is 5.36. The molecule has 17 heavy (non-hydrogen) atoms. The Hall–Kier alpha value is -0.790. The first kappa shape index (κ1) is 11.3. The Labute approximate surface area is 103 Å². The van der Waals surface area contributed by atoms with Gasteiger partial charge in [-0.3, -0.25) is 0 Å². The van der Waals surface area contributed by atoms with E-state index >= 15 is 0 Å². The highest BCUT2D eigenvalue weighted by molar-refractivity contribution is 5.91. The minimum absolute atomic E-state index is 0.0665. The molecule has 0 saturated heterocycles. The molecular formula is C15H22O2. The Balaban J connectivity index is 1.96. The first-order valence-corrected chi connectivity index (χ1v) is 7.01. The molecule has 2 aliphatic carbocycles. The Morgan fingerprint density at radius 3 is 2.76 bits per heavy atom. The van der Waals surface area contributed by atoms with Crippen molar-refractivity contribution in [3.8, 4) is 0 Å². The lowest BCUT2D eigenvalue weighted by molar-refractivity contribution is -0.141. The molecule has 2 heteroatoms. The highest BCUT2D eigenvalue weighted by atomic mass is 16.5. The zero-order valence-electron chi connectivity index (χ0n) is 11.0. The van der Waals surface area contributed by atoms with Crippen molar-refractivity contribution in [1.29, 1.82) is 0 Å². The summed E-state index contributed by atoms with van der Waals surface area (Å²) in [5.41, 5.74) is 2.23. The highest BCUT2D eigenvalue weighted by Crippen LogP contribution is 2.51. The summed E-state index contributed by atoms with van der Waals surface area (Å²) in [5.74, 6) is 2.84. The fourth-order valence-corrected chi connectivity index (χ4v) is 4.66. The molecule has 2 nitrogen and oxygen atoms in total. The number of carbonyl (C=O) groups is 1. The third-order valence-corrected chi connectivity index (χ3v) is 5.36. The van der Waals surface area contributed by atoms with Crippen molar-refractivity contribution >= 4 is 5.97 Å². The van der Waals surface area contributed by atoms with Crippen LogP contribution in [-0.4, -0.2) is 12.1 Å². The van der Waals surface area contributed by atoms with Crippen LogP contribution in [0.5, 0.6) is 0 Å². The molecule has 1 heterocycles. The first-order chi connectivity index (χ1) is 8.09. The number of fused-ring (bicyclic) bond motifs is 2. The lowest BCUT2D eigenvalue weighted by atomic mass is 9.59. The van der Waals surface area contributed by atoms with Gasteiger partial charge in [0.1, 0.15) is 6.10 Å². The molecular weight excluding hydrogens is 212 g/mol. The Morgan fingerprint density at radius 2 is 2.00 bits per heavy atom. The van der Waals surface area contributed by atoms with Crippen LogP contribution in [0.1, 0.15) is 46.5 Å². The van der Waals surface area contributed by atoms with E-state index in [0.717, 1.165) is 29.7 Å². The van der Waals surface area contributed by atoms with Gasteiger partial charge < -0.3 is 4.74 Å². The van der Waals surface area contributed by atoms with Crippen LogP contribution in [0.2, 0.25) is 0 Å². The van der Waals surface area contributed by atoms with Crippen LogP contribution in [0.15, 0.2) is 11.1 Å². The van der Waals surface area contributed by atoms with Gasteiger partial charge in [-0.2, -0.15) is 0 Å². The van der Waals surface area contributed by atoms with Crippen LogP contribution in [0, 0.1) is 23.7 Å². The third kappa shape index (κ3) is 1.56. The molecule has 3 rings (SSSR count). The zero-order chi connectivity index (χ0) is 12.2. The number of esters is 1. The second-order valence-corrected chi connectivity index (χ2v) is 6.24. The Kier molecular flexibility index (Phi) is 2.57. The van der Waals surface area contributed by atoms with E-state index in [9.17, 15) is 4.79 Å². The number of carbonyl (C=O) groups excluding carboxylic acids is 1. The van der Waals surface area contributed by atoms with Crippen molar-refractivity contribution in [2.45, 2.75) is 52.6 Å². The zero-order valence-corrected chi connectivity index (χ0v) is 11.0. The molecule has 0 radical (unpaired) electrons. The van der Waals surface area contributed by atoms with Gasteiger partial charge in [0.2, 0.25) is 0 Å². The van der Waals surface area contributed by atoms with Crippen molar-refractivity contribution < 1.29 is 9.53 Å². The van der Waals surface area contributed by atoms with Gasteiger partial charge in [-0.1, -0.05) is 26.7 Å². The van der Waals surface area contributed by atoms with Gasteiger partial charge in [-0.05, 0) is 49.0 Å². The standard InChI is InChI=1S/C15H22O2/c1-8-5-4-6-11-7-12-14(9(2)13(8)11)10(3)15(16)17-12/h8-9,11-13H,4-7H2,1-3H3/t8-,9-,11?,12+,13?/m0/s1. The predicted molar refractivity (Wildman–Crippen MR) is 66.4 cm³/mol. The van der Waals surface area contributed by atoms with Crippen LogP contribution in [0.4, 0.5) is 0 Å². The summed E-state index contributed by atoms with van der Waals surface area (Å²) in [6.07, 6.45) is 5.24. The highest BCUT2D eigenvalue weighted by Gasteiger charge is 2.47. The SMILES string of the molecule is CC1=C2[C@@H](C)C3C(CCC[C@@H]3C)C[C@H]2OC1=O. The molecule has 3 aliphatic rings. The quantitative estimate of drug-likeness (QED) is 0.601. The van der Waals surface area contributed by atoms with E-state index in [-0.39, 0.29) is 12.1 Å². The predicted octanol–water partition coefficient (Wildman–Crippen LogP) is 3.32. The summed E-state index contributed by atoms with van der Waals surface area (Å²) < 4.78 is 5.52. The normalized spacial score (nSPS) is 45.4. The van der Waals surface area contributed by atoms with Gasteiger partial charge in [0.25, 0.3) is 0 Å². The molecule has 94 valence electrons. The summed E-state index contributed by atoms with van der Waals surface area (Å²) in [6, 6.07) is 0. The maximum Gasteiger partial charge on any atom is 0.334 e. The van der Waals surface area contributed by atoms with Gasteiger partial charge >= 0.3 is 5.97 Å². The Bertz CT molecular complexity index is 382. The van der Waals surface area contributed by atoms with Gasteiger partial charge in [0, 0.05) is 5.57 Å². The minimum atomic E-state index is -0.0665. The average molecular weight is 234 g/mol. The van der Waals surface area contributed by atoms with Crippen molar-refractivity contribution in [2.24, 2.45) is 23.7 Å². The molecule has 0 amide bonds. The average Bonchev–Trinajstić information content (AvgIpc) is 2.55. The second kappa shape index (κ2) is 3.86. The first-order valence-electron chi connectivity index (χ1n) is 7.01. The summed E-state index contributed by atoms with van der Waals surface area (Å²) in [4.78, 5) is 11.7. The van der Waals surface area contributed by atoms with Gasteiger partial charge in [-0.25, -0.2) is 4.79 Å². The fraction of sp³-hybridized carbons (Fsp3) is 0.800. The number of ether oxygens (including phenoxy) is 1. The second-order valence-electron chi connectivity index (χ2n) is 6.24. The van der Waals surface area contributed by atoms with Gasteiger partial charge in [-0.15, -0.1) is 0 Å². The van der Waals surface area contributed by atoms with E-state index in [4.69, 9.17) is 4.74 Å². The Morgan fingerprint density at radius 1 is 1.24 bits per heavy atom. The van der Waals surface area contributed by atoms with E-state index in [1.165, 1.54) is 24.8 Å². The summed E-state index contributed by atoms with van der Waals surface area (Å²) >= 11 is 0. The molecule has 0 aromatic carbocycles. The molecule has 0 spiro atoms. The molecule has 2 saturated carbocycles. The maximum absolute atomic E-state index is 11.7. The van der Waals surface area contributed by atoms with Crippen molar-refractivity contribution in [2.75, 3.05) is 0 Å². The number of hydrogen-bond donors (Lipinski definition) is 0. The number of rotatable bonds is 0. The number of hydrogen-bond acceptors (Lipinski definition) is 2. The molecule has 1 aliphatic heterocycles. The monoisotopic (exact) mass is 234 g/mol. The lowest BCUT2D eigenvalue weighted by Gasteiger charge is -2.46. The summed E-state index contributed by atoms with van der Waals surface area (Å²) in [5, 5.41) is 0. The molecule has 0 N–H and O–H groups in total. The van der Waals surface area contributed by atoms with Crippen molar-refractivity contribution in [3.05, 3.63) is 11.1 Å². The van der Waals surface area contributed by atoms with Crippen molar-refractivity contribution in [3.63, 3.8) is 0 Å². The van der Waals surface area contributed by atoms with Crippen LogP contribution in [-0.2, 0) is 9.53 Å². The van der Waals surface area contributed by atoms with Crippen LogP contribution >= 0.6 is 0 Å². The molecule has 0 aromatic heterocycles. The molecule has 2 fully saturated rings. The fourth-order valence-electron chi connectivity index (χ4n) is 4.66. The topological polar surface area (TPSA) is 26.3 Å². The van der Waals surface area contributed by atoms with Crippen LogP contribution < -0.4 is 0 Å². The summed E-state index contributed by atoms with van der Waals surface area (Å²) in [7, 11) is 0. The van der Waals surface area contributed by atoms with E-state index in [1.807, 2.05) is 6.92 Å². The largest absolute Gasteiger partial charge is 0.454 e. The van der Waals surface area contributed by atoms with Crippen molar-refractivity contribution in [1.82, 2.24) is 0 Å². The van der Waals surface area contributed by atoms with E-state index in [0.29, 0.717) is 5.92 Å². The smallest absolute Gasteiger partial charge is 0.334 e.